The molecule has 0 aliphatic rings. The van der Waals surface area contributed by atoms with E-state index >= 15 is 0 Å². The van der Waals surface area contributed by atoms with E-state index in [1.165, 1.54) is 10.5 Å². The summed E-state index contributed by atoms with van der Waals surface area (Å²) in [4.78, 5) is 21.2. The number of hydrogen-bond acceptors (Lipinski definition) is 4. The van der Waals surface area contributed by atoms with Crippen LogP contribution in [0.15, 0.2) is 52.9 Å². The predicted octanol–water partition coefficient (Wildman–Crippen LogP) is 3.53. The van der Waals surface area contributed by atoms with Gasteiger partial charge in [-0.15, -0.1) is 0 Å². The number of rotatable bonds is 6. The number of carbonyl (C=O) groups excluding carboxylic acids is 1. The minimum absolute atomic E-state index is 0.138. The standard InChI is InChI=1S/C22H23N3O2S/c1-15-9-10-17-20(13-15)28-22(23-17)25(12-6-11-24(2)3)21(26)19-14-16-7-4-5-8-18(16)27-19/h4-5,7-10,13-14H,6,11-12H2,1-3H3/p+1. The van der Waals surface area contributed by atoms with Gasteiger partial charge >= 0.3 is 0 Å². The number of aromatic nitrogens is 1. The molecule has 0 aliphatic carbocycles. The lowest BCUT2D eigenvalue weighted by Gasteiger charge is -2.19. The molecule has 0 saturated carbocycles. The van der Waals surface area contributed by atoms with Crippen molar-refractivity contribution in [1.29, 1.82) is 0 Å². The summed E-state index contributed by atoms with van der Waals surface area (Å²) in [6.07, 6.45) is 0.892. The van der Waals surface area contributed by atoms with Crippen LogP contribution in [-0.4, -0.2) is 38.1 Å². The Hall–Kier alpha value is -2.70. The normalized spacial score (nSPS) is 11.6. The maximum Gasteiger partial charge on any atom is 0.295 e. The second-order valence-corrected chi connectivity index (χ2v) is 8.39. The quantitative estimate of drug-likeness (QED) is 0.544. The maximum atomic E-state index is 13.3. The number of benzene rings is 2. The second kappa shape index (κ2) is 7.73. The summed E-state index contributed by atoms with van der Waals surface area (Å²) in [7, 11) is 4.23. The zero-order valence-corrected chi connectivity index (χ0v) is 17.2. The van der Waals surface area contributed by atoms with Gasteiger partial charge in [0.05, 0.1) is 30.9 Å². The molecule has 0 spiro atoms. The van der Waals surface area contributed by atoms with Crippen LogP contribution in [0, 0.1) is 6.92 Å². The summed E-state index contributed by atoms with van der Waals surface area (Å²) < 4.78 is 6.93. The second-order valence-electron chi connectivity index (χ2n) is 7.38. The molecule has 0 aliphatic heterocycles. The smallest absolute Gasteiger partial charge is 0.295 e. The lowest BCUT2D eigenvalue weighted by atomic mass is 10.2. The van der Waals surface area contributed by atoms with Crippen LogP contribution in [0.25, 0.3) is 21.2 Å². The number of carbonyl (C=O) groups is 1. The van der Waals surface area contributed by atoms with Gasteiger partial charge in [-0.25, -0.2) is 4.98 Å². The number of aryl methyl sites for hydroxylation is 1. The van der Waals surface area contributed by atoms with E-state index in [0.29, 0.717) is 12.3 Å². The lowest BCUT2D eigenvalue weighted by Crippen LogP contribution is -3.05. The number of amides is 1. The van der Waals surface area contributed by atoms with E-state index < -0.39 is 0 Å². The van der Waals surface area contributed by atoms with E-state index in [0.717, 1.165) is 39.3 Å². The number of anilines is 1. The van der Waals surface area contributed by atoms with Crippen molar-refractivity contribution in [3.05, 3.63) is 59.9 Å². The Morgan fingerprint density at radius 3 is 2.79 bits per heavy atom. The highest BCUT2D eigenvalue weighted by Crippen LogP contribution is 2.31. The van der Waals surface area contributed by atoms with Crippen LogP contribution in [-0.2, 0) is 0 Å². The Kier molecular flexibility index (Phi) is 5.15. The molecule has 5 nitrogen and oxygen atoms in total. The van der Waals surface area contributed by atoms with E-state index in [1.807, 2.05) is 42.5 Å². The van der Waals surface area contributed by atoms with Crippen molar-refractivity contribution in [3.8, 4) is 0 Å². The van der Waals surface area contributed by atoms with Gasteiger partial charge in [0.15, 0.2) is 10.9 Å². The summed E-state index contributed by atoms with van der Waals surface area (Å²) in [5.74, 6) is 0.217. The molecule has 0 atom stereocenters. The molecule has 2 aromatic carbocycles. The largest absolute Gasteiger partial charge is 0.451 e. The van der Waals surface area contributed by atoms with Gasteiger partial charge < -0.3 is 9.32 Å². The van der Waals surface area contributed by atoms with Crippen LogP contribution >= 0.6 is 11.3 Å². The molecule has 28 heavy (non-hydrogen) atoms. The third-order valence-electron chi connectivity index (χ3n) is 4.70. The van der Waals surface area contributed by atoms with Crippen LogP contribution in [0.2, 0.25) is 0 Å². The number of quaternary nitrogens is 1. The highest BCUT2D eigenvalue weighted by molar-refractivity contribution is 7.22. The van der Waals surface area contributed by atoms with E-state index in [9.17, 15) is 4.79 Å². The SMILES string of the molecule is Cc1ccc2nc(N(CCC[NH+](C)C)C(=O)c3cc4ccccc4o3)sc2c1. The Morgan fingerprint density at radius 2 is 2.00 bits per heavy atom. The van der Waals surface area contributed by atoms with Crippen LogP contribution in [0.3, 0.4) is 0 Å². The van der Waals surface area contributed by atoms with Gasteiger partial charge in [0.1, 0.15) is 5.58 Å². The van der Waals surface area contributed by atoms with Gasteiger partial charge in [-0.05, 0) is 36.8 Å². The first kappa shape index (κ1) is 18.7. The molecule has 2 aromatic heterocycles. The van der Waals surface area contributed by atoms with Crippen molar-refractivity contribution in [3.63, 3.8) is 0 Å². The van der Waals surface area contributed by atoms with Gasteiger partial charge in [0.25, 0.3) is 5.91 Å². The summed E-state index contributed by atoms with van der Waals surface area (Å²) in [6.45, 7) is 3.66. The number of furan rings is 1. The van der Waals surface area contributed by atoms with Crippen molar-refractivity contribution < 1.29 is 14.1 Å². The molecule has 144 valence electrons. The minimum Gasteiger partial charge on any atom is -0.451 e. The van der Waals surface area contributed by atoms with Crippen LogP contribution < -0.4 is 9.80 Å². The van der Waals surface area contributed by atoms with Gasteiger partial charge in [-0.2, -0.15) is 0 Å². The number of thiazole rings is 1. The molecular weight excluding hydrogens is 370 g/mol. The third-order valence-corrected chi connectivity index (χ3v) is 5.74. The number of hydrogen-bond donors (Lipinski definition) is 1. The maximum absolute atomic E-state index is 13.3. The molecule has 0 saturated heterocycles. The molecular formula is C22H24N3O2S+. The summed E-state index contributed by atoms with van der Waals surface area (Å²) in [6, 6.07) is 15.7. The highest BCUT2D eigenvalue weighted by atomic mass is 32.1. The molecule has 0 fully saturated rings. The van der Waals surface area contributed by atoms with E-state index in [2.05, 4.69) is 27.1 Å². The first-order valence-corrected chi connectivity index (χ1v) is 10.3. The topological polar surface area (TPSA) is 50.8 Å². The number of nitrogens with one attached hydrogen (secondary N) is 1. The Bertz CT molecular complexity index is 1100. The molecule has 0 radical (unpaired) electrons. The number of nitrogens with zero attached hydrogens (tertiary/aromatic N) is 2. The Morgan fingerprint density at radius 1 is 1.18 bits per heavy atom. The molecule has 2 heterocycles. The average molecular weight is 395 g/mol. The molecule has 0 unspecified atom stereocenters. The molecule has 4 rings (SSSR count). The fraction of sp³-hybridized carbons (Fsp3) is 0.273. The van der Waals surface area contributed by atoms with E-state index in [1.54, 1.807) is 16.2 Å². The molecule has 4 aromatic rings. The molecule has 1 amide bonds. The van der Waals surface area contributed by atoms with Crippen molar-refractivity contribution in [2.45, 2.75) is 13.3 Å². The minimum atomic E-state index is -0.138. The zero-order valence-electron chi connectivity index (χ0n) is 16.4. The zero-order chi connectivity index (χ0) is 19.7. The van der Waals surface area contributed by atoms with Crippen LogP contribution in [0.4, 0.5) is 5.13 Å². The van der Waals surface area contributed by atoms with Gasteiger partial charge in [0.2, 0.25) is 0 Å². The van der Waals surface area contributed by atoms with Gasteiger partial charge in [-0.3, -0.25) is 9.69 Å². The number of para-hydroxylation sites is 1. The Balaban J connectivity index is 1.69. The van der Waals surface area contributed by atoms with Crippen molar-refractivity contribution >= 4 is 43.6 Å². The van der Waals surface area contributed by atoms with Gasteiger partial charge in [-0.1, -0.05) is 35.6 Å². The number of fused-ring (bicyclic) bond motifs is 2. The summed E-state index contributed by atoms with van der Waals surface area (Å²) in [5.41, 5.74) is 2.84. The first-order chi connectivity index (χ1) is 13.5. The van der Waals surface area contributed by atoms with Crippen molar-refractivity contribution in [2.75, 3.05) is 32.1 Å². The molecule has 0 bridgehead atoms. The third kappa shape index (κ3) is 3.79. The highest BCUT2D eigenvalue weighted by Gasteiger charge is 2.24. The first-order valence-electron chi connectivity index (χ1n) is 9.48. The summed E-state index contributed by atoms with van der Waals surface area (Å²) >= 11 is 1.55. The van der Waals surface area contributed by atoms with Crippen LogP contribution in [0.5, 0.6) is 0 Å². The lowest BCUT2D eigenvalue weighted by molar-refractivity contribution is -0.858. The Labute approximate surface area is 168 Å². The fourth-order valence-corrected chi connectivity index (χ4v) is 4.32. The average Bonchev–Trinajstić information content (AvgIpc) is 3.27. The predicted molar refractivity (Wildman–Crippen MR) is 115 cm³/mol. The van der Waals surface area contributed by atoms with Gasteiger partial charge in [0, 0.05) is 18.4 Å². The van der Waals surface area contributed by atoms with E-state index in [4.69, 9.17) is 9.40 Å². The monoisotopic (exact) mass is 394 g/mol. The molecule has 1 N–H and O–H groups in total. The fourth-order valence-electron chi connectivity index (χ4n) is 3.23. The van der Waals surface area contributed by atoms with Crippen LogP contribution in [0.1, 0.15) is 22.5 Å². The molecule has 6 heteroatoms. The summed E-state index contributed by atoms with van der Waals surface area (Å²) in [5, 5.41) is 1.66. The van der Waals surface area contributed by atoms with E-state index in [-0.39, 0.29) is 5.91 Å². The van der Waals surface area contributed by atoms with Crippen molar-refractivity contribution in [1.82, 2.24) is 4.98 Å². The van der Waals surface area contributed by atoms with Crippen molar-refractivity contribution in [2.24, 2.45) is 0 Å².